The number of hydrogen-bond acceptors (Lipinski definition) is 2. The van der Waals surface area contributed by atoms with E-state index in [4.69, 9.17) is 17.3 Å². The second-order valence-corrected chi connectivity index (χ2v) is 3.43. The van der Waals surface area contributed by atoms with Crippen LogP contribution in [0.15, 0.2) is 0 Å². The molecule has 64 valence electrons. The van der Waals surface area contributed by atoms with Crippen molar-refractivity contribution >= 4 is 17.2 Å². The van der Waals surface area contributed by atoms with Crippen molar-refractivity contribution in [3.05, 3.63) is 0 Å². The third kappa shape index (κ3) is 2.75. The van der Waals surface area contributed by atoms with Crippen LogP contribution in [-0.4, -0.2) is 28.3 Å². The lowest BCUT2D eigenvalue weighted by Gasteiger charge is -2.24. The Bertz CT molecular complexity index is 138. The van der Waals surface area contributed by atoms with Gasteiger partial charge in [-0.3, -0.25) is 0 Å². The van der Waals surface area contributed by atoms with Crippen LogP contribution >= 0.6 is 12.2 Å². The van der Waals surface area contributed by atoms with Crippen LogP contribution in [0, 0.1) is 0 Å². The third-order valence-electron chi connectivity index (χ3n) is 2.09. The standard InChI is InChI=1S/C8H15NOS/c10-7-9-6-4-2-1-3-5-8(9)11/h10H,1-7H2. The summed E-state index contributed by atoms with van der Waals surface area (Å²) in [7, 11) is 0. The molecule has 1 aliphatic rings. The van der Waals surface area contributed by atoms with E-state index in [0.717, 1.165) is 18.0 Å². The molecule has 3 heteroatoms. The Labute approximate surface area is 73.2 Å². The summed E-state index contributed by atoms with van der Waals surface area (Å²) in [6.07, 6.45) is 5.91. The van der Waals surface area contributed by atoms with Crippen LogP contribution in [-0.2, 0) is 0 Å². The Morgan fingerprint density at radius 1 is 1.27 bits per heavy atom. The monoisotopic (exact) mass is 173 g/mol. The summed E-state index contributed by atoms with van der Waals surface area (Å²) in [6, 6.07) is 0. The lowest BCUT2D eigenvalue weighted by Crippen LogP contribution is -2.32. The molecule has 11 heavy (non-hydrogen) atoms. The van der Waals surface area contributed by atoms with Gasteiger partial charge in [-0.05, 0) is 19.3 Å². The maximum Gasteiger partial charge on any atom is 0.116 e. The predicted octanol–water partition coefficient (Wildman–Crippen LogP) is 1.53. The van der Waals surface area contributed by atoms with Gasteiger partial charge in [0.2, 0.25) is 0 Å². The molecule has 1 fully saturated rings. The van der Waals surface area contributed by atoms with Gasteiger partial charge in [0.05, 0.1) is 4.99 Å². The third-order valence-corrected chi connectivity index (χ3v) is 2.55. The zero-order valence-corrected chi connectivity index (χ0v) is 7.57. The molecule has 1 aliphatic heterocycles. The average Bonchev–Trinajstić information content (AvgIpc) is 1.98. The maximum atomic E-state index is 8.92. The van der Waals surface area contributed by atoms with Crippen molar-refractivity contribution < 1.29 is 5.11 Å². The van der Waals surface area contributed by atoms with Gasteiger partial charge < -0.3 is 10.0 Å². The van der Waals surface area contributed by atoms with Crippen LogP contribution in [0.3, 0.4) is 0 Å². The van der Waals surface area contributed by atoms with Crippen molar-refractivity contribution in [2.45, 2.75) is 32.1 Å². The molecular formula is C8H15NOS. The van der Waals surface area contributed by atoms with Crippen LogP contribution < -0.4 is 0 Å². The van der Waals surface area contributed by atoms with Gasteiger partial charge in [0.1, 0.15) is 6.73 Å². The van der Waals surface area contributed by atoms with Crippen molar-refractivity contribution in [3.63, 3.8) is 0 Å². The van der Waals surface area contributed by atoms with E-state index < -0.39 is 0 Å². The second kappa shape index (κ2) is 4.67. The predicted molar refractivity (Wildman–Crippen MR) is 49.5 cm³/mol. The van der Waals surface area contributed by atoms with E-state index in [1.807, 2.05) is 4.90 Å². The van der Waals surface area contributed by atoms with Crippen LogP contribution in [0.1, 0.15) is 32.1 Å². The van der Waals surface area contributed by atoms with E-state index >= 15 is 0 Å². The van der Waals surface area contributed by atoms with Gasteiger partial charge >= 0.3 is 0 Å². The highest BCUT2D eigenvalue weighted by Gasteiger charge is 2.09. The zero-order chi connectivity index (χ0) is 8.10. The first-order chi connectivity index (χ1) is 5.34. The van der Waals surface area contributed by atoms with E-state index in [-0.39, 0.29) is 6.73 Å². The first-order valence-corrected chi connectivity index (χ1v) is 4.64. The zero-order valence-electron chi connectivity index (χ0n) is 6.75. The lowest BCUT2D eigenvalue weighted by molar-refractivity contribution is 0.166. The molecule has 0 spiro atoms. The van der Waals surface area contributed by atoms with Crippen molar-refractivity contribution in [1.82, 2.24) is 4.90 Å². The van der Waals surface area contributed by atoms with Gasteiger partial charge in [0.15, 0.2) is 0 Å². The summed E-state index contributed by atoms with van der Waals surface area (Å²) in [5, 5.41) is 8.92. The average molecular weight is 173 g/mol. The molecule has 0 saturated carbocycles. The molecule has 0 aromatic carbocycles. The lowest BCUT2D eigenvalue weighted by atomic mass is 10.1. The largest absolute Gasteiger partial charge is 0.376 e. The number of aliphatic hydroxyl groups excluding tert-OH is 1. The minimum atomic E-state index is 0.0961. The van der Waals surface area contributed by atoms with Crippen molar-refractivity contribution in [2.24, 2.45) is 0 Å². The fraction of sp³-hybridized carbons (Fsp3) is 0.875. The molecule has 0 aliphatic carbocycles. The highest BCUT2D eigenvalue weighted by atomic mass is 32.1. The number of nitrogens with zero attached hydrogens (tertiary/aromatic N) is 1. The quantitative estimate of drug-likeness (QED) is 0.608. The molecule has 0 radical (unpaired) electrons. The Kier molecular flexibility index (Phi) is 3.80. The van der Waals surface area contributed by atoms with Gasteiger partial charge in [-0.2, -0.15) is 0 Å². The molecular weight excluding hydrogens is 158 g/mol. The molecule has 0 aromatic heterocycles. The van der Waals surface area contributed by atoms with Crippen LogP contribution in [0.4, 0.5) is 0 Å². The number of aliphatic hydroxyl groups is 1. The molecule has 0 aromatic rings. The maximum absolute atomic E-state index is 8.92. The van der Waals surface area contributed by atoms with Gasteiger partial charge in [-0.1, -0.05) is 25.1 Å². The minimum Gasteiger partial charge on any atom is -0.376 e. The van der Waals surface area contributed by atoms with Crippen molar-refractivity contribution in [3.8, 4) is 0 Å². The molecule has 1 heterocycles. The SMILES string of the molecule is OCN1CCCCCCC1=S. The number of thiocarbonyl (C=S) groups is 1. The fourth-order valence-electron chi connectivity index (χ4n) is 1.36. The summed E-state index contributed by atoms with van der Waals surface area (Å²) in [5.41, 5.74) is 0. The fourth-order valence-corrected chi connectivity index (χ4v) is 1.66. The summed E-state index contributed by atoms with van der Waals surface area (Å²) < 4.78 is 0. The number of hydrogen-bond donors (Lipinski definition) is 1. The van der Waals surface area contributed by atoms with E-state index in [1.165, 1.54) is 25.7 Å². The van der Waals surface area contributed by atoms with Crippen LogP contribution in [0.25, 0.3) is 0 Å². The number of rotatable bonds is 1. The molecule has 2 nitrogen and oxygen atoms in total. The van der Waals surface area contributed by atoms with E-state index in [9.17, 15) is 0 Å². The first-order valence-electron chi connectivity index (χ1n) is 4.23. The Hall–Kier alpha value is -0.150. The highest BCUT2D eigenvalue weighted by molar-refractivity contribution is 7.80. The highest BCUT2D eigenvalue weighted by Crippen LogP contribution is 2.11. The second-order valence-electron chi connectivity index (χ2n) is 2.96. The smallest absolute Gasteiger partial charge is 0.116 e. The normalized spacial score (nSPS) is 21.2. The molecule has 0 bridgehead atoms. The van der Waals surface area contributed by atoms with Crippen LogP contribution in [0.5, 0.6) is 0 Å². The molecule has 0 unspecified atom stereocenters. The van der Waals surface area contributed by atoms with Crippen molar-refractivity contribution in [1.29, 1.82) is 0 Å². The summed E-state index contributed by atoms with van der Waals surface area (Å²) in [5.74, 6) is 0. The number of likely N-dealkylation sites (tertiary alicyclic amines) is 1. The van der Waals surface area contributed by atoms with E-state index in [0.29, 0.717) is 0 Å². The summed E-state index contributed by atoms with van der Waals surface area (Å²) >= 11 is 5.14. The van der Waals surface area contributed by atoms with Crippen LogP contribution in [0.2, 0.25) is 0 Å². The Morgan fingerprint density at radius 2 is 2.00 bits per heavy atom. The molecule has 1 saturated heterocycles. The minimum absolute atomic E-state index is 0.0961. The summed E-state index contributed by atoms with van der Waals surface area (Å²) in [4.78, 5) is 2.83. The first kappa shape index (κ1) is 8.94. The van der Waals surface area contributed by atoms with E-state index in [1.54, 1.807) is 0 Å². The Morgan fingerprint density at radius 3 is 2.73 bits per heavy atom. The van der Waals surface area contributed by atoms with Crippen molar-refractivity contribution in [2.75, 3.05) is 13.3 Å². The van der Waals surface area contributed by atoms with Gasteiger partial charge in [-0.25, -0.2) is 0 Å². The van der Waals surface area contributed by atoms with E-state index in [2.05, 4.69) is 0 Å². The molecule has 0 atom stereocenters. The topological polar surface area (TPSA) is 23.5 Å². The van der Waals surface area contributed by atoms with Gasteiger partial charge in [0, 0.05) is 6.54 Å². The molecule has 0 amide bonds. The van der Waals surface area contributed by atoms with Gasteiger partial charge in [0.25, 0.3) is 0 Å². The van der Waals surface area contributed by atoms with Gasteiger partial charge in [-0.15, -0.1) is 0 Å². The molecule has 1 N–H and O–H groups in total. The summed E-state index contributed by atoms with van der Waals surface area (Å²) in [6.45, 7) is 1.04. The molecule has 1 rings (SSSR count). The Balaban J connectivity index is 2.39.